The van der Waals surface area contributed by atoms with Gasteiger partial charge in [-0.3, -0.25) is 0 Å². The number of hydrogen-bond acceptors (Lipinski definition) is 3. The molecular weight excluding hydrogens is 415 g/mol. The molecule has 30 heavy (non-hydrogen) atoms. The summed E-state index contributed by atoms with van der Waals surface area (Å²) in [5, 5.41) is 9.95. The minimum Gasteiger partial charge on any atom is -0.423 e. The lowest BCUT2D eigenvalue weighted by Gasteiger charge is -2.08. The van der Waals surface area contributed by atoms with Crippen molar-refractivity contribution in [3.05, 3.63) is 100 Å². The highest BCUT2D eigenvalue weighted by atomic mass is 35.5. The van der Waals surface area contributed by atoms with Gasteiger partial charge in [-0.05, 0) is 65.7 Å². The highest BCUT2D eigenvalue weighted by Crippen LogP contribution is 2.29. The number of alkyl halides is 3. The molecule has 0 radical (unpaired) electrons. The number of carbonyl (C=O) groups is 1. The molecule has 0 saturated heterocycles. The number of carbonyl (C=O) groups excluding carboxylic acids is 1. The van der Waals surface area contributed by atoms with Crippen LogP contribution in [0.3, 0.4) is 0 Å². The summed E-state index contributed by atoms with van der Waals surface area (Å²) in [5.41, 5.74) is 1.00. The third-order valence-electron chi connectivity index (χ3n) is 4.13. The zero-order valence-corrected chi connectivity index (χ0v) is 16.0. The number of halogens is 4. The molecule has 0 aliphatic heterocycles. The number of esters is 1. The summed E-state index contributed by atoms with van der Waals surface area (Å²) in [6.07, 6.45) is -2.80. The number of rotatable bonds is 4. The molecule has 3 aromatic carbocycles. The molecule has 0 fully saturated rings. The van der Waals surface area contributed by atoms with E-state index < -0.39 is 17.7 Å². The highest BCUT2D eigenvalue weighted by Gasteiger charge is 2.30. The molecule has 0 saturated carbocycles. The fourth-order valence-electron chi connectivity index (χ4n) is 2.57. The van der Waals surface area contributed by atoms with Crippen LogP contribution < -0.4 is 4.74 Å². The fraction of sp³-hybridized carbons (Fsp3) is 0.0435. The molecule has 0 bridgehead atoms. The Morgan fingerprint density at radius 2 is 1.47 bits per heavy atom. The third-order valence-corrected chi connectivity index (χ3v) is 4.38. The first-order valence-corrected chi connectivity index (χ1v) is 9.01. The summed E-state index contributed by atoms with van der Waals surface area (Å²) in [5.74, 6) is -0.548. The molecule has 0 atom stereocenters. The van der Waals surface area contributed by atoms with Gasteiger partial charge in [0.15, 0.2) is 0 Å². The second kappa shape index (κ2) is 8.85. The van der Waals surface area contributed by atoms with Crippen LogP contribution in [0.25, 0.3) is 11.6 Å². The molecule has 150 valence electrons. The maximum absolute atomic E-state index is 12.6. The van der Waals surface area contributed by atoms with E-state index in [4.69, 9.17) is 16.3 Å². The topological polar surface area (TPSA) is 50.1 Å². The van der Waals surface area contributed by atoms with E-state index in [0.29, 0.717) is 21.7 Å². The van der Waals surface area contributed by atoms with Crippen LogP contribution in [0.5, 0.6) is 5.75 Å². The standard InChI is InChI=1S/C23H13ClF3NO2/c24-20-9-5-16(6-10-20)18(14-28)13-15-1-11-21(12-2-15)30-22(29)17-3-7-19(8-4-17)23(25,26)27/h1-13H/b18-13-. The summed E-state index contributed by atoms with van der Waals surface area (Å²) in [6.45, 7) is 0. The Labute approximate surface area is 175 Å². The van der Waals surface area contributed by atoms with Gasteiger partial charge in [0, 0.05) is 5.02 Å². The van der Waals surface area contributed by atoms with Gasteiger partial charge in [0.2, 0.25) is 0 Å². The minimum absolute atomic E-state index is 0.00137. The third kappa shape index (κ3) is 5.28. The second-order valence-electron chi connectivity index (χ2n) is 6.21. The average Bonchev–Trinajstić information content (AvgIpc) is 2.73. The van der Waals surface area contributed by atoms with Gasteiger partial charge in [0.05, 0.1) is 22.8 Å². The molecule has 0 N–H and O–H groups in total. The monoisotopic (exact) mass is 427 g/mol. The Bertz CT molecular complexity index is 1110. The molecule has 0 heterocycles. The van der Waals surface area contributed by atoms with E-state index in [1.165, 1.54) is 12.1 Å². The van der Waals surface area contributed by atoms with Crippen molar-refractivity contribution in [2.24, 2.45) is 0 Å². The molecule has 0 spiro atoms. The summed E-state index contributed by atoms with van der Waals surface area (Å²) in [4.78, 5) is 12.1. The normalized spacial score (nSPS) is 11.6. The number of allylic oxidation sites excluding steroid dienone is 1. The number of benzene rings is 3. The first kappa shape index (κ1) is 21.2. The quantitative estimate of drug-likeness (QED) is 0.203. The molecule has 3 rings (SSSR count). The van der Waals surface area contributed by atoms with Crippen molar-refractivity contribution in [1.82, 2.24) is 0 Å². The molecule has 0 amide bonds. The predicted octanol–water partition coefficient (Wildman–Crippen LogP) is 6.64. The second-order valence-corrected chi connectivity index (χ2v) is 6.65. The van der Waals surface area contributed by atoms with Crippen LogP contribution in [0.4, 0.5) is 13.2 Å². The molecule has 0 aliphatic rings. The van der Waals surface area contributed by atoms with E-state index in [-0.39, 0.29) is 11.3 Å². The SMILES string of the molecule is N#C/C(=C/c1ccc(OC(=O)c2ccc(C(F)(F)F)cc2)cc1)c1ccc(Cl)cc1. The lowest BCUT2D eigenvalue weighted by molar-refractivity contribution is -0.137. The summed E-state index contributed by atoms with van der Waals surface area (Å²) in [7, 11) is 0. The van der Waals surface area contributed by atoms with E-state index >= 15 is 0 Å². The Morgan fingerprint density at radius 1 is 0.900 bits per heavy atom. The van der Waals surface area contributed by atoms with E-state index in [1.807, 2.05) is 0 Å². The number of nitrogens with zero attached hydrogens (tertiary/aromatic N) is 1. The number of hydrogen-bond donors (Lipinski definition) is 0. The van der Waals surface area contributed by atoms with Gasteiger partial charge in [-0.2, -0.15) is 18.4 Å². The van der Waals surface area contributed by atoms with Crippen LogP contribution in [0, 0.1) is 11.3 Å². The summed E-state index contributed by atoms with van der Waals surface area (Å²) in [6, 6.07) is 19.1. The van der Waals surface area contributed by atoms with Crippen molar-refractivity contribution in [1.29, 1.82) is 5.26 Å². The van der Waals surface area contributed by atoms with Crippen molar-refractivity contribution in [2.75, 3.05) is 0 Å². The molecule has 0 aromatic heterocycles. The van der Waals surface area contributed by atoms with Crippen LogP contribution in [-0.4, -0.2) is 5.97 Å². The van der Waals surface area contributed by atoms with Crippen molar-refractivity contribution >= 4 is 29.2 Å². The first-order chi connectivity index (χ1) is 14.3. The van der Waals surface area contributed by atoms with Crippen LogP contribution in [0.15, 0.2) is 72.8 Å². The molecule has 3 nitrogen and oxygen atoms in total. The van der Waals surface area contributed by atoms with Crippen molar-refractivity contribution in [2.45, 2.75) is 6.18 Å². The van der Waals surface area contributed by atoms with Gasteiger partial charge < -0.3 is 4.74 Å². The first-order valence-electron chi connectivity index (χ1n) is 8.63. The highest BCUT2D eigenvalue weighted by molar-refractivity contribution is 6.30. The zero-order valence-electron chi connectivity index (χ0n) is 15.3. The van der Waals surface area contributed by atoms with Crippen molar-refractivity contribution < 1.29 is 22.7 Å². The number of ether oxygens (including phenoxy) is 1. The zero-order chi connectivity index (χ0) is 21.7. The van der Waals surface area contributed by atoms with Gasteiger partial charge in [-0.15, -0.1) is 0 Å². The molecule has 0 unspecified atom stereocenters. The van der Waals surface area contributed by atoms with Crippen LogP contribution >= 0.6 is 11.6 Å². The van der Waals surface area contributed by atoms with Gasteiger partial charge in [0.25, 0.3) is 0 Å². The minimum atomic E-state index is -4.47. The lowest BCUT2D eigenvalue weighted by atomic mass is 10.0. The Morgan fingerprint density at radius 3 is 2.00 bits per heavy atom. The Kier molecular flexibility index (Phi) is 6.24. The largest absolute Gasteiger partial charge is 0.423 e. The van der Waals surface area contributed by atoms with Gasteiger partial charge >= 0.3 is 12.1 Å². The van der Waals surface area contributed by atoms with E-state index in [0.717, 1.165) is 24.3 Å². The summed E-state index contributed by atoms with van der Waals surface area (Å²) >= 11 is 5.86. The van der Waals surface area contributed by atoms with Crippen molar-refractivity contribution in [3.63, 3.8) is 0 Å². The van der Waals surface area contributed by atoms with Crippen molar-refractivity contribution in [3.8, 4) is 11.8 Å². The van der Waals surface area contributed by atoms with E-state index in [9.17, 15) is 23.2 Å². The molecule has 3 aromatic rings. The molecule has 7 heteroatoms. The maximum atomic E-state index is 12.6. The van der Waals surface area contributed by atoms with E-state index in [1.54, 1.807) is 42.5 Å². The van der Waals surface area contributed by atoms with E-state index in [2.05, 4.69) is 6.07 Å². The maximum Gasteiger partial charge on any atom is 0.416 e. The smallest absolute Gasteiger partial charge is 0.416 e. The average molecular weight is 428 g/mol. The van der Waals surface area contributed by atoms with Gasteiger partial charge in [-0.25, -0.2) is 4.79 Å². The Balaban J connectivity index is 1.71. The van der Waals surface area contributed by atoms with Crippen LogP contribution in [-0.2, 0) is 6.18 Å². The Hall–Kier alpha value is -3.56. The number of nitriles is 1. The van der Waals surface area contributed by atoms with Crippen LogP contribution in [0.1, 0.15) is 27.0 Å². The van der Waals surface area contributed by atoms with Crippen LogP contribution in [0.2, 0.25) is 5.02 Å². The fourth-order valence-corrected chi connectivity index (χ4v) is 2.70. The molecular formula is C23H13ClF3NO2. The predicted molar refractivity (Wildman–Crippen MR) is 108 cm³/mol. The lowest BCUT2D eigenvalue weighted by Crippen LogP contribution is -2.10. The van der Waals surface area contributed by atoms with Gasteiger partial charge in [0.1, 0.15) is 5.75 Å². The summed E-state index contributed by atoms with van der Waals surface area (Å²) < 4.78 is 43.0. The molecule has 0 aliphatic carbocycles. The van der Waals surface area contributed by atoms with Gasteiger partial charge in [-0.1, -0.05) is 35.9 Å².